The van der Waals surface area contributed by atoms with E-state index in [1.54, 1.807) is 0 Å². The highest BCUT2D eigenvalue weighted by Gasteiger charge is 2.18. The molecule has 0 spiro atoms. The molecule has 1 rings (SSSR count). The molecule has 1 heteroatoms. The molecule has 0 aromatic heterocycles. The van der Waals surface area contributed by atoms with Gasteiger partial charge in [-0.1, -0.05) is 18.6 Å². The summed E-state index contributed by atoms with van der Waals surface area (Å²) in [4.78, 5) is 10.5. The minimum absolute atomic E-state index is 0.249. The minimum Gasteiger partial charge on any atom is -0.303 e. The van der Waals surface area contributed by atoms with E-state index < -0.39 is 0 Å². The van der Waals surface area contributed by atoms with E-state index in [9.17, 15) is 4.79 Å². The summed E-state index contributed by atoms with van der Waals surface area (Å²) < 4.78 is 0. The molecule has 0 fully saturated rings. The van der Waals surface area contributed by atoms with E-state index in [4.69, 9.17) is 0 Å². The number of hydrogen-bond donors (Lipinski definition) is 0. The van der Waals surface area contributed by atoms with E-state index in [-0.39, 0.29) is 5.92 Å². The summed E-state index contributed by atoms with van der Waals surface area (Å²) in [6.45, 7) is 4.19. The molecule has 0 aromatic rings. The summed E-state index contributed by atoms with van der Waals surface area (Å²) in [6.07, 6.45) is 6.84. The summed E-state index contributed by atoms with van der Waals surface area (Å²) in [6, 6.07) is 0. The van der Waals surface area contributed by atoms with Gasteiger partial charge in [0.25, 0.3) is 0 Å². The van der Waals surface area contributed by atoms with Gasteiger partial charge in [0, 0.05) is 5.92 Å². The minimum atomic E-state index is 0.249. The first kappa shape index (κ1) is 8.51. The molecular formula is C10H16O. The number of rotatable bonds is 2. The van der Waals surface area contributed by atoms with Crippen LogP contribution in [-0.4, -0.2) is 6.29 Å². The zero-order chi connectivity index (χ0) is 8.27. The zero-order valence-corrected chi connectivity index (χ0v) is 7.34. The molecule has 0 aromatic carbocycles. The lowest BCUT2D eigenvalue weighted by molar-refractivity contribution is -0.112. The molecular weight excluding hydrogens is 136 g/mol. The molecule has 0 bridgehead atoms. The first-order chi connectivity index (χ1) is 5.24. The van der Waals surface area contributed by atoms with Gasteiger partial charge in [0.05, 0.1) is 0 Å². The van der Waals surface area contributed by atoms with Gasteiger partial charge in [-0.25, -0.2) is 0 Å². The van der Waals surface area contributed by atoms with Crippen LogP contribution < -0.4 is 0 Å². The van der Waals surface area contributed by atoms with Gasteiger partial charge in [-0.05, 0) is 32.1 Å². The lowest BCUT2D eigenvalue weighted by Crippen LogP contribution is -2.15. The standard InChI is InChI=1S/C10H16O/c1-8-3-5-10(6-4-8)9(2)7-11/h3,7,9-10H,4-6H2,1-2H3. The SMILES string of the molecule is CC1=CCC(C(C)C=O)CC1. The van der Waals surface area contributed by atoms with Crippen LogP contribution in [0.4, 0.5) is 0 Å². The quantitative estimate of drug-likeness (QED) is 0.439. The number of carbonyl (C=O) groups is 1. The second kappa shape index (κ2) is 3.70. The van der Waals surface area contributed by atoms with Gasteiger partial charge in [-0.15, -0.1) is 0 Å². The highest BCUT2D eigenvalue weighted by molar-refractivity contribution is 5.53. The van der Waals surface area contributed by atoms with Crippen molar-refractivity contribution >= 4 is 6.29 Å². The Hall–Kier alpha value is -0.590. The van der Waals surface area contributed by atoms with Gasteiger partial charge in [-0.2, -0.15) is 0 Å². The van der Waals surface area contributed by atoms with Crippen LogP contribution in [-0.2, 0) is 4.79 Å². The van der Waals surface area contributed by atoms with Crippen LogP contribution in [0.1, 0.15) is 33.1 Å². The van der Waals surface area contributed by atoms with Gasteiger partial charge < -0.3 is 4.79 Å². The van der Waals surface area contributed by atoms with Crippen molar-refractivity contribution in [1.82, 2.24) is 0 Å². The molecule has 62 valence electrons. The van der Waals surface area contributed by atoms with Gasteiger partial charge in [0.15, 0.2) is 0 Å². The average Bonchev–Trinajstić information content (AvgIpc) is 2.05. The third kappa shape index (κ3) is 2.18. The molecule has 0 radical (unpaired) electrons. The Balaban J connectivity index is 2.46. The van der Waals surface area contributed by atoms with E-state index in [1.807, 2.05) is 6.92 Å². The molecule has 2 atom stereocenters. The van der Waals surface area contributed by atoms with Crippen molar-refractivity contribution in [3.05, 3.63) is 11.6 Å². The van der Waals surface area contributed by atoms with Gasteiger partial charge in [0.1, 0.15) is 6.29 Å². The Bertz CT molecular complexity index is 170. The number of hydrogen-bond acceptors (Lipinski definition) is 1. The highest BCUT2D eigenvalue weighted by atomic mass is 16.1. The Labute approximate surface area is 68.5 Å². The maximum absolute atomic E-state index is 10.5. The van der Waals surface area contributed by atoms with Crippen LogP contribution in [0.5, 0.6) is 0 Å². The number of aldehydes is 1. The topological polar surface area (TPSA) is 17.1 Å². The van der Waals surface area contributed by atoms with Crippen molar-refractivity contribution < 1.29 is 4.79 Å². The Kier molecular flexibility index (Phi) is 2.86. The average molecular weight is 152 g/mol. The first-order valence-corrected chi connectivity index (χ1v) is 4.35. The van der Waals surface area contributed by atoms with Crippen molar-refractivity contribution in [2.45, 2.75) is 33.1 Å². The lowest BCUT2D eigenvalue weighted by atomic mass is 9.82. The maximum atomic E-state index is 10.5. The van der Waals surface area contributed by atoms with Crippen LogP contribution in [0.25, 0.3) is 0 Å². The Morgan fingerprint density at radius 2 is 2.45 bits per heavy atom. The van der Waals surface area contributed by atoms with E-state index >= 15 is 0 Å². The third-order valence-corrected chi connectivity index (χ3v) is 2.64. The van der Waals surface area contributed by atoms with Crippen molar-refractivity contribution in [1.29, 1.82) is 0 Å². The van der Waals surface area contributed by atoms with Crippen molar-refractivity contribution in [3.63, 3.8) is 0 Å². The Morgan fingerprint density at radius 3 is 2.91 bits per heavy atom. The van der Waals surface area contributed by atoms with Crippen molar-refractivity contribution in [3.8, 4) is 0 Å². The zero-order valence-electron chi connectivity index (χ0n) is 7.34. The predicted octanol–water partition coefficient (Wildman–Crippen LogP) is 2.57. The first-order valence-electron chi connectivity index (χ1n) is 4.35. The van der Waals surface area contributed by atoms with E-state index in [2.05, 4.69) is 13.0 Å². The molecule has 0 aliphatic heterocycles. The third-order valence-electron chi connectivity index (χ3n) is 2.64. The molecule has 2 unspecified atom stereocenters. The van der Waals surface area contributed by atoms with Crippen molar-refractivity contribution in [2.24, 2.45) is 11.8 Å². The van der Waals surface area contributed by atoms with Crippen LogP contribution in [0.15, 0.2) is 11.6 Å². The van der Waals surface area contributed by atoms with Crippen LogP contribution in [0.2, 0.25) is 0 Å². The lowest BCUT2D eigenvalue weighted by Gasteiger charge is -2.22. The molecule has 11 heavy (non-hydrogen) atoms. The molecule has 0 N–H and O–H groups in total. The normalized spacial score (nSPS) is 27.5. The summed E-state index contributed by atoms with van der Waals surface area (Å²) in [7, 11) is 0. The summed E-state index contributed by atoms with van der Waals surface area (Å²) in [5, 5.41) is 0. The van der Waals surface area contributed by atoms with Crippen molar-refractivity contribution in [2.75, 3.05) is 0 Å². The molecule has 0 amide bonds. The number of carbonyl (C=O) groups excluding carboxylic acids is 1. The molecule has 0 saturated heterocycles. The molecule has 0 saturated carbocycles. The van der Waals surface area contributed by atoms with Crippen LogP contribution in [0, 0.1) is 11.8 Å². The fourth-order valence-electron chi connectivity index (χ4n) is 1.57. The van der Waals surface area contributed by atoms with E-state index in [0.717, 1.165) is 12.7 Å². The number of allylic oxidation sites excluding steroid dienone is 2. The Morgan fingerprint density at radius 1 is 1.73 bits per heavy atom. The summed E-state index contributed by atoms with van der Waals surface area (Å²) in [5.41, 5.74) is 1.49. The molecule has 1 aliphatic carbocycles. The molecule has 0 heterocycles. The second-order valence-electron chi connectivity index (χ2n) is 3.58. The fraction of sp³-hybridized carbons (Fsp3) is 0.700. The van der Waals surface area contributed by atoms with Gasteiger partial charge >= 0.3 is 0 Å². The summed E-state index contributed by atoms with van der Waals surface area (Å²) in [5.74, 6) is 0.857. The van der Waals surface area contributed by atoms with Crippen LogP contribution >= 0.6 is 0 Å². The fourth-order valence-corrected chi connectivity index (χ4v) is 1.57. The highest BCUT2D eigenvalue weighted by Crippen LogP contribution is 2.27. The van der Waals surface area contributed by atoms with E-state index in [1.165, 1.54) is 18.4 Å². The second-order valence-corrected chi connectivity index (χ2v) is 3.58. The largest absolute Gasteiger partial charge is 0.303 e. The predicted molar refractivity (Wildman–Crippen MR) is 46.3 cm³/mol. The van der Waals surface area contributed by atoms with Gasteiger partial charge in [-0.3, -0.25) is 0 Å². The monoisotopic (exact) mass is 152 g/mol. The van der Waals surface area contributed by atoms with Crippen LogP contribution in [0.3, 0.4) is 0 Å². The maximum Gasteiger partial charge on any atom is 0.123 e. The smallest absolute Gasteiger partial charge is 0.123 e. The summed E-state index contributed by atoms with van der Waals surface area (Å²) >= 11 is 0. The molecule has 1 nitrogen and oxygen atoms in total. The molecule has 1 aliphatic rings. The van der Waals surface area contributed by atoms with Gasteiger partial charge in [0.2, 0.25) is 0 Å². The van der Waals surface area contributed by atoms with E-state index in [0.29, 0.717) is 5.92 Å².